The maximum atomic E-state index is 11.9. The van der Waals surface area contributed by atoms with Gasteiger partial charge in [-0.3, -0.25) is 4.79 Å². The van der Waals surface area contributed by atoms with Crippen LogP contribution in [0, 0.1) is 0 Å². The van der Waals surface area contributed by atoms with Crippen molar-refractivity contribution in [1.82, 2.24) is 0 Å². The van der Waals surface area contributed by atoms with Gasteiger partial charge in [-0.2, -0.15) is 0 Å². The third-order valence-corrected chi connectivity index (χ3v) is 3.68. The van der Waals surface area contributed by atoms with Crippen LogP contribution in [0.2, 0.25) is 0 Å². The van der Waals surface area contributed by atoms with E-state index in [1.165, 1.54) is 5.69 Å². The minimum absolute atomic E-state index is 0.00899. The van der Waals surface area contributed by atoms with Gasteiger partial charge in [-0.15, -0.1) is 0 Å². The Hall–Kier alpha value is -1.59. The van der Waals surface area contributed by atoms with Crippen LogP contribution in [-0.4, -0.2) is 44.8 Å². The van der Waals surface area contributed by atoms with Gasteiger partial charge in [-0.25, -0.2) is 0 Å². The van der Waals surface area contributed by atoms with E-state index in [0.29, 0.717) is 13.1 Å². The van der Waals surface area contributed by atoms with Crippen LogP contribution in [-0.2, 0) is 9.53 Å². The summed E-state index contributed by atoms with van der Waals surface area (Å²) in [5, 5.41) is 0. The Labute approximate surface area is 120 Å². The number of amides is 1. The summed E-state index contributed by atoms with van der Waals surface area (Å²) in [5.74, 6) is -0.00899. The Morgan fingerprint density at radius 3 is 2.50 bits per heavy atom. The lowest BCUT2D eigenvalue weighted by Gasteiger charge is -2.32. The Morgan fingerprint density at radius 2 is 1.95 bits per heavy atom. The number of benzene rings is 1. The molecule has 0 bridgehead atoms. The molecule has 1 aliphatic rings. The number of rotatable bonds is 5. The van der Waals surface area contributed by atoms with E-state index in [1.807, 2.05) is 12.1 Å². The van der Waals surface area contributed by atoms with Gasteiger partial charge >= 0.3 is 0 Å². The zero-order chi connectivity index (χ0) is 14.5. The molecular weight excluding hydrogens is 254 g/mol. The number of hydrogen-bond donors (Lipinski definition) is 1. The first-order chi connectivity index (χ1) is 9.69. The van der Waals surface area contributed by atoms with E-state index >= 15 is 0 Å². The molecule has 0 aliphatic carbocycles. The van der Waals surface area contributed by atoms with Gasteiger partial charge in [0.25, 0.3) is 5.91 Å². The number of nitrogens with two attached hydrogens (primary N) is 1. The molecule has 1 atom stereocenters. The molecule has 1 heterocycles. The maximum Gasteiger partial charge on any atom is 0.253 e. The van der Waals surface area contributed by atoms with Crippen molar-refractivity contribution in [2.24, 2.45) is 5.73 Å². The Kier molecular flexibility index (Phi) is 4.98. The van der Waals surface area contributed by atoms with Crippen LogP contribution in [0.4, 0.5) is 11.4 Å². The van der Waals surface area contributed by atoms with Crippen LogP contribution in [0.3, 0.4) is 0 Å². The predicted molar refractivity (Wildman–Crippen MR) is 81.2 cm³/mol. The lowest BCUT2D eigenvalue weighted by Crippen LogP contribution is -2.49. The SMILES string of the molecule is CCN(CC)c1ccc(N2CC(CN)OCC2=O)cc1. The monoisotopic (exact) mass is 277 g/mol. The Bertz CT molecular complexity index is 443. The second-order valence-corrected chi connectivity index (χ2v) is 4.86. The molecule has 5 heteroatoms. The van der Waals surface area contributed by atoms with E-state index < -0.39 is 0 Å². The summed E-state index contributed by atoms with van der Waals surface area (Å²) in [4.78, 5) is 16.0. The summed E-state index contributed by atoms with van der Waals surface area (Å²) < 4.78 is 5.36. The fourth-order valence-electron chi connectivity index (χ4n) is 2.45. The Balaban J connectivity index is 2.14. The second-order valence-electron chi connectivity index (χ2n) is 4.86. The van der Waals surface area contributed by atoms with E-state index in [4.69, 9.17) is 10.5 Å². The first kappa shape index (κ1) is 14.8. The quantitative estimate of drug-likeness (QED) is 0.879. The summed E-state index contributed by atoms with van der Waals surface area (Å²) in [6.07, 6.45) is -0.0739. The summed E-state index contributed by atoms with van der Waals surface area (Å²) >= 11 is 0. The van der Waals surface area contributed by atoms with Crippen LogP contribution in [0.15, 0.2) is 24.3 Å². The molecule has 1 saturated heterocycles. The molecule has 1 amide bonds. The third kappa shape index (κ3) is 3.11. The molecule has 1 aromatic carbocycles. The van der Waals surface area contributed by atoms with Gasteiger partial charge in [0.2, 0.25) is 0 Å². The summed E-state index contributed by atoms with van der Waals surface area (Å²) in [5.41, 5.74) is 7.70. The molecule has 0 radical (unpaired) electrons. The third-order valence-electron chi connectivity index (χ3n) is 3.68. The van der Waals surface area contributed by atoms with Gasteiger partial charge in [0.05, 0.1) is 12.6 Å². The lowest BCUT2D eigenvalue weighted by molar-refractivity contribution is -0.128. The number of hydrogen-bond acceptors (Lipinski definition) is 4. The highest BCUT2D eigenvalue weighted by Crippen LogP contribution is 2.22. The van der Waals surface area contributed by atoms with Crippen LogP contribution >= 0.6 is 0 Å². The van der Waals surface area contributed by atoms with Gasteiger partial charge in [0.1, 0.15) is 6.61 Å². The number of carbonyl (C=O) groups is 1. The molecule has 0 spiro atoms. The molecule has 20 heavy (non-hydrogen) atoms. The van der Waals surface area contributed by atoms with Crippen molar-refractivity contribution < 1.29 is 9.53 Å². The minimum atomic E-state index is -0.0739. The highest BCUT2D eigenvalue weighted by Gasteiger charge is 2.26. The average molecular weight is 277 g/mol. The van der Waals surface area contributed by atoms with Crippen LogP contribution in [0.25, 0.3) is 0 Å². The zero-order valence-electron chi connectivity index (χ0n) is 12.2. The van der Waals surface area contributed by atoms with E-state index in [-0.39, 0.29) is 18.6 Å². The van der Waals surface area contributed by atoms with E-state index in [1.54, 1.807) is 4.90 Å². The summed E-state index contributed by atoms with van der Waals surface area (Å²) in [6.45, 7) is 7.29. The topological polar surface area (TPSA) is 58.8 Å². The van der Waals surface area contributed by atoms with Crippen molar-refractivity contribution in [3.05, 3.63) is 24.3 Å². The smallest absolute Gasteiger partial charge is 0.253 e. The van der Waals surface area contributed by atoms with E-state index in [2.05, 4.69) is 30.9 Å². The van der Waals surface area contributed by atoms with Crippen LogP contribution in [0.1, 0.15) is 13.8 Å². The lowest BCUT2D eigenvalue weighted by atomic mass is 10.2. The number of ether oxygens (including phenoxy) is 1. The summed E-state index contributed by atoms with van der Waals surface area (Å²) in [7, 11) is 0. The highest BCUT2D eigenvalue weighted by molar-refractivity contribution is 5.95. The number of anilines is 2. The van der Waals surface area contributed by atoms with Gasteiger partial charge in [0.15, 0.2) is 0 Å². The standard InChI is InChI=1S/C15H23N3O2/c1-3-17(4-2)12-5-7-13(8-6-12)18-10-14(9-16)20-11-15(18)19/h5-8,14H,3-4,9-11,16H2,1-2H3. The summed E-state index contributed by atoms with van der Waals surface area (Å²) in [6, 6.07) is 8.10. The van der Waals surface area contributed by atoms with Crippen molar-refractivity contribution in [3.63, 3.8) is 0 Å². The molecule has 2 N–H and O–H groups in total. The molecule has 1 unspecified atom stereocenters. The van der Waals surface area contributed by atoms with Gasteiger partial charge in [0, 0.05) is 31.0 Å². The average Bonchev–Trinajstić information content (AvgIpc) is 2.50. The van der Waals surface area contributed by atoms with Crippen molar-refractivity contribution in [1.29, 1.82) is 0 Å². The Morgan fingerprint density at radius 1 is 1.30 bits per heavy atom. The minimum Gasteiger partial charge on any atom is -0.372 e. The van der Waals surface area contributed by atoms with Crippen LogP contribution < -0.4 is 15.5 Å². The van der Waals surface area contributed by atoms with Crippen molar-refractivity contribution >= 4 is 17.3 Å². The highest BCUT2D eigenvalue weighted by atomic mass is 16.5. The zero-order valence-corrected chi connectivity index (χ0v) is 12.2. The molecule has 2 rings (SSSR count). The first-order valence-electron chi connectivity index (χ1n) is 7.16. The molecular formula is C15H23N3O2. The van der Waals surface area contributed by atoms with Crippen molar-refractivity contribution in [3.8, 4) is 0 Å². The molecule has 0 saturated carbocycles. The van der Waals surface area contributed by atoms with Gasteiger partial charge < -0.3 is 20.3 Å². The maximum absolute atomic E-state index is 11.9. The molecule has 0 aromatic heterocycles. The molecule has 1 aliphatic heterocycles. The second kappa shape index (κ2) is 6.72. The first-order valence-corrected chi connectivity index (χ1v) is 7.16. The fourth-order valence-corrected chi connectivity index (χ4v) is 2.45. The molecule has 1 fully saturated rings. The van der Waals surface area contributed by atoms with Gasteiger partial charge in [-0.05, 0) is 38.1 Å². The number of morpholine rings is 1. The molecule has 5 nitrogen and oxygen atoms in total. The number of nitrogens with zero attached hydrogens (tertiary/aromatic N) is 2. The normalized spacial score (nSPS) is 19.2. The van der Waals surface area contributed by atoms with Crippen molar-refractivity contribution in [2.75, 3.05) is 42.6 Å². The van der Waals surface area contributed by atoms with Crippen molar-refractivity contribution in [2.45, 2.75) is 20.0 Å². The van der Waals surface area contributed by atoms with E-state index in [0.717, 1.165) is 18.8 Å². The van der Waals surface area contributed by atoms with E-state index in [9.17, 15) is 4.79 Å². The number of carbonyl (C=O) groups excluding carboxylic acids is 1. The fraction of sp³-hybridized carbons (Fsp3) is 0.533. The largest absolute Gasteiger partial charge is 0.372 e. The van der Waals surface area contributed by atoms with Crippen LogP contribution in [0.5, 0.6) is 0 Å². The molecule has 110 valence electrons. The van der Waals surface area contributed by atoms with Gasteiger partial charge in [-0.1, -0.05) is 0 Å². The predicted octanol–water partition coefficient (Wildman–Crippen LogP) is 1.22. The molecule has 1 aromatic rings.